The predicted molar refractivity (Wildman–Crippen MR) is 85.2 cm³/mol. The molecule has 1 aliphatic carbocycles. The first kappa shape index (κ1) is 14.6. The van der Waals surface area contributed by atoms with Crippen molar-refractivity contribution in [2.45, 2.75) is 51.9 Å². The van der Waals surface area contributed by atoms with E-state index in [0.29, 0.717) is 12.7 Å². The molecule has 0 atom stereocenters. The third kappa shape index (κ3) is 3.30. The molecule has 21 heavy (non-hydrogen) atoms. The van der Waals surface area contributed by atoms with Gasteiger partial charge in [-0.2, -0.15) is 0 Å². The number of rotatable bonds is 5. The lowest BCUT2D eigenvalue weighted by atomic mass is 9.89. The highest BCUT2D eigenvalue weighted by molar-refractivity contribution is 5.82. The Morgan fingerprint density at radius 2 is 1.95 bits per heavy atom. The van der Waals surface area contributed by atoms with E-state index in [9.17, 15) is 0 Å². The Balaban J connectivity index is 1.72. The van der Waals surface area contributed by atoms with Gasteiger partial charge in [0.15, 0.2) is 0 Å². The van der Waals surface area contributed by atoms with E-state index in [1.54, 1.807) is 0 Å². The molecule has 2 aromatic rings. The number of para-hydroxylation sites is 1. The molecule has 0 bridgehead atoms. The molecule has 0 saturated heterocycles. The maximum Gasteiger partial charge on any atom is 0.135 e. The summed E-state index contributed by atoms with van der Waals surface area (Å²) in [4.78, 5) is 0. The molecule has 1 aromatic carbocycles. The van der Waals surface area contributed by atoms with Gasteiger partial charge in [0.05, 0.1) is 6.10 Å². The second-order valence-corrected chi connectivity index (χ2v) is 6.22. The molecule has 0 radical (unpaired) electrons. The molecule has 114 valence electrons. The summed E-state index contributed by atoms with van der Waals surface area (Å²) in [7, 11) is 1.97. The standard InChI is InChI=1S/C18H25NO2/c1-13-7-9-14(10-8-13)20-12-18-16(11-19-2)15-5-3-4-6-17(15)21-18/h3-6,13-14,19H,7-12H2,1-2H3. The largest absolute Gasteiger partial charge is 0.458 e. The molecular formula is C18H25NO2. The van der Waals surface area contributed by atoms with Crippen LogP contribution in [-0.2, 0) is 17.9 Å². The third-order valence-electron chi connectivity index (χ3n) is 4.55. The van der Waals surface area contributed by atoms with Crippen LogP contribution in [0.15, 0.2) is 28.7 Å². The molecule has 3 rings (SSSR count). The van der Waals surface area contributed by atoms with Crippen molar-refractivity contribution in [3.8, 4) is 0 Å². The van der Waals surface area contributed by atoms with E-state index >= 15 is 0 Å². The van der Waals surface area contributed by atoms with E-state index in [4.69, 9.17) is 9.15 Å². The van der Waals surface area contributed by atoms with Gasteiger partial charge in [-0.25, -0.2) is 0 Å². The van der Waals surface area contributed by atoms with Crippen LogP contribution in [0.2, 0.25) is 0 Å². The smallest absolute Gasteiger partial charge is 0.135 e. The van der Waals surface area contributed by atoms with Gasteiger partial charge in [-0.05, 0) is 44.7 Å². The highest BCUT2D eigenvalue weighted by Gasteiger charge is 2.20. The number of fused-ring (bicyclic) bond motifs is 1. The number of hydrogen-bond donors (Lipinski definition) is 1. The first-order valence-corrected chi connectivity index (χ1v) is 8.03. The van der Waals surface area contributed by atoms with Crippen molar-refractivity contribution in [1.29, 1.82) is 0 Å². The van der Waals surface area contributed by atoms with Crippen molar-refractivity contribution < 1.29 is 9.15 Å². The summed E-state index contributed by atoms with van der Waals surface area (Å²) < 4.78 is 12.1. The topological polar surface area (TPSA) is 34.4 Å². The molecule has 1 heterocycles. The second kappa shape index (κ2) is 6.63. The summed E-state index contributed by atoms with van der Waals surface area (Å²) in [6.45, 7) is 3.74. The Labute approximate surface area is 126 Å². The minimum atomic E-state index is 0.400. The molecule has 3 nitrogen and oxygen atoms in total. The lowest BCUT2D eigenvalue weighted by Gasteiger charge is -2.26. The van der Waals surface area contributed by atoms with E-state index in [1.165, 1.54) is 36.6 Å². The minimum Gasteiger partial charge on any atom is -0.458 e. The average molecular weight is 287 g/mol. The van der Waals surface area contributed by atoms with Gasteiger partial charge in [-0.3, -0.25) is 0 Å². The summed E-state index contributed by atoms with van der Waals surface area (Å²) in [6.07, 6.45) is 5.34. The molecule has 1 fully saturated rings. The van der Waals surface area contributed by atoms with Crippen LogP contribution in [-0.4, -0.2) is 13.2 Å². The summed E-state index contributed by atoms with van der Waals surface area (Å²) in [5, 5.41) is 4.43. The fourth-order valence-corrected chi connectivity index (χ4v) is 3.23. The average Bonchev–Trinajstić information content (AvgIpc) is 2.85. The fraction of sp³-hybridized carbons (Fsp3) is 0.556. The number of benzene rings is 1. The first-order valence-electron chi connectivity index (χ1n) is 8.03. The quantitative estimate of drug-likeness (QED) is 0.893. The highest BCUT2D eigenvalue weighted by atomic mass is 16.5. The van der Waals surface area contributed by atoms with E-state index in [0.717, 1.165) is 23.8 Å². The molecule has 0 aliphatic heterocycles. The van der Waals surface area contributed by atoms with Crippen molar-refractivity contribution in [2.24, 2.45) is 5.92 Å². The van der Waals surface area contributed by atoms with E-state index in [2.05, 4.69) is 24.4 Å². The van der Waals surface area contributed by atoms with Crippen LogP contribution < -0.4 is 5.32 Å². The van der Waals surface area contributed by atoms with Crippen LogP contribution in [0.3, 0.4) is 0 Å². The molecule has 3 heteroatoms. The predicted octanol–water partition coefficient (Wildman–Crippen LogP) is 4.25. The van der Waals surface area contributed by atoms with Crippen molar-refractivity contribution >= 4 is 11.0 Å². The normalized spacial score (nSPS) is 22.8. The molecule has 0 amide bonds. The lowest BCUT2D eigenvalue weighted by molar-refractivity contribution is 0.00137. The van der Waals surface area contributed by atoms with Gasteiger partial charge in [0.25, 0.3) is 0 Å². The summed E-state index contributed by atoms with van der Waals surface area (Å²) >= 11 is 0. The first-order chi connectivity index (χ1) is 10.3. The summed E-state index contributed by atoms with van der Waals surface area (Å²) in [5.41, 5.74) is 2.19. The maximum atomic E-state index is 6.11. The second-order valence-electron chi connectivity index (χ2n) is 6.22. The van der Waals surface area contributed by atoms with Gasteiger partial charge in [0, 0.05) is 17.5 Å². The number of nitrogens with one attached hydrogen (secondary N) is 1. The van der Waals surface area contributed by atoms with E-state index in [-0.39, 0.29) is 0 Å². The zero-order valence-electron chi connectivity index (χ0n) is 13.0. The molecule has 0 spiro atoms. The van der Waals surface area contributed by atoms with Crippen LogP contribution in [0.25, 0.3) is 11.0 Å². The van der Waals surface area contributed by atoms with Gasteiger partial charge in [0.1, 0.15) is 18.0 Å². The minimum absolute atomic E-state index is 0.400. The highest BCUT2D eigenvalue weighted by Crippen LogP contribution is 2.29. The molecular weight excluding hydrogens is 262 g/mol. The van der Waals surface area contributed by atoms with E-state index in [1.807, 2.05) is 19.2 Å². The number of furan rings is 1. The Hall–Kier alpha value is -1.32. The zero-order valence-corrected chi connectivity index (χ0v) is 13.0. The number of hydrogen-bond acceptors (Lipinski definition) is 3. The van der Waals surface area contributed by atoms with E-state index < -0.39 is 0 Å². The maximum absolute atomic E-state index is 6.11. The van der Waals surface area contributed by atoms with Crippen LogP contribution in [0.1, 0.15) is 43.9 Å². The van der Waals surface area contributed by atoms with Crippen molar-refractivity contribution in [1.82, 2.24) is 5.32 Å². The molecule has 1 aromatic heterocycles. The summed E-state index contributed by atoms with van der Waals surface area (Å²) in [5.74, 6) is 1.83. The SMILES string of the molecule is CNCc1c(COC2CCC(C)CC2)oc2ccccc12. The zero-order chi connectivity index (χ0) is 14.7. The Bertz CT molecular complexity index is 582. The Morgan fingerprint density at radius 3 is 2.71 bits per heavy atom. The third-order valence-corrected chi connectivity index (χ3v) is 4.55. The molecule has 1 aliphatic rings. The number of ether oxygens (including phenoxy) is 1. The lowest BCUT2D eigenvalue weighted by Crippen LogP contribution is -2.20. The van der Waals surface area contributed by atoms with Crippen molar-refractivity contribution in [3.05, 3.63) is 35.6 Å². The van der Waals surface area contributed by atoms with Crippen molar-refractivity contribution in [3.63, 3.8) is 0 Å². The van der Waals surface area contributed by atoms with Gasteiger partial charge >= 0.3 is 0 Å². The summed E-state index contributed by atoms with van der Waals surface area (Å²) in [6, 6.07) is 8.23. The van der Waals surface area contributed by atoms with Gasteiger partial charge in [-0.15, -0.1) is 0 Å². The molecule has 0 unspecified atom stereocenters. The van der Waals surface area contributed by atoms with Crippen LogP contribution in [0.5, 0.6) is 0 Å². The Morgan fingerprint density at radius 1 is 1.19 bits per heavy atom. The monoisotopic (exact) mass is 287 g/mol. The fourth-order valence-electron chi connectivity index (χ4n) is 3.23. The molecule has 1 N–H and O–H groups in total. The molecule has 1 saturated carbocycles. The van der Waals surface area contributed by atoms with Crippen molar-refractivity contribution in [2.75, 3.05) is 7.05 Å². The van der Waals surface area contributed by atoms with Gasteiger partial charge in [-0.1, -0.05) is 25.1 Å². The van der Waals surface area contributed by atoms with Crippen LogP contribution in [0, 0.1) is 5.92 Å². The van der Waals surface area contributed by atoms with Crippen LogP contribution in [0.4, 0.5) is 0 Å². The van der Waals surface area contributed by atoms with Crippen LogP contribution >= 0.6 is 0 Å². The Kier molecular flexibility index (Phi) is 4.61. The van der Waals surface area contributed by atoms with Gasteiger partial charge in [0.2, 0.25) is 0 Å². The van der Waals surface area contributed by atoms with Gasteiger partial charge < -0.3 is 14.5 Å².